The van der Waals surface area contributed by atoms with Crippen molar-refractivity contribution in [3.63, 3.8) is 0 Å². The number of halogens is 2. The monoisotopic (exact) mass is 389 g/mol. The van der Waals surface area contributed by atoms with Gasteiger partial charge in [0.05, 0.1) is 25.9 Å². The van der Waals surface area contributed by atoms with Gasteiger partial charge in [-0.05, 0) is 31.2 Å². The van der Waals surface area contributed by atoms with Crippen molar-refractivity contribution in [1.29, 1.82) is 0 Å². The Hall–Kier alpha value is -1.81. The highest BCUT2D eigenvalue weighted by Crippen LogP contribution is 2.38. The zero-order chi connectivity index (χ0) is 20.4. The minimum absolute atomic E-state index is 0.217. The van der Waals surface area contributed by atoms with Crippen LogP contribution in [0.5, 0.6) is 5.75 Å². The Labute approximate surface area is 155 Å². The molecule has 9 heteroatoms. The summed E-state index contributed by atoms with van der Waals surface area (Å²) in [5.74, 6) is -3.79. The average Bonchev–Trinajstić information content (AvgIpc) is 2.66. The molecule has 1 amide bonds. The fraction of sp³-hybridized carbons (Fsp3) is 0.611. The molecule has 0 spiro atoms. The molecule has 152 valence electrons. The average molecular weight is 389 g/mol. The minimum Gasteiger partial charge on any atom is -0.497 e. The Morgan fingerprint density at radius 3 is 2.48 bits per heavy atom. The van der Waals surface area contributed by atoms with Crippen LogP contribution in [0.2, 0.25) is 0 Å². The number of carbonyl (C=O) groups excluding carboxylic acids is 1. The van der Waals surface area contributed by atoms with Crippen LogP contribution in [0.3, 0.4) is 0 Å². The number of hydrogen-bond acceptors (Lipinski definition) is 6. The third-order valence-electron chi connectivity index (χ3n) is 4.83. The molecule has 2 unspecified atom stereocenters. The maximum Gasteiger partial charge on any atom is 0.251 e. The first-order chi connectivity index (χ1) is 12.6. The summed E-state index contributed by atoms with van der Waals surface area (Å²) in [5, 5.41) is 31.2. The lowest BCUT2D eigenvalue weighted by Gasteiger charge is -2.46. The Balaban J connectivity index is 2.22. The third kappa shape index (κ3) is 4.55. The van der Waals surface area contributed by atoms with Crippen molar-refractivity contribution in [2.24, 2.45) is 5.92 Å². The molecule has 4 N–H and O–H groups in total. The van der Waals surface area contributed by atoms with Gasteiger partial charge in [0.2, 0.25) is 5.85 Å². The van der Waals surface area contributed by atoms with E-state index >= 15 is 0 Å². The van der Waals surface area contributed by atoms with Gasteiger partial charge >= 0.3 is 0 Å². The molecule has 1 aromatic carbocycles. The topological polar surface area (TPSA) is 108 Å². The van der Waals surface area contributed by atoms with E-state index in [0.717, 1.165) is 6.92 Å². The molecule has 1 fully saturated rings. The van der Waals surface area contributed by atoms with Crippen molar-refractivity contribution in [1.82, 2.24) is 5.32 Å². The Morgan fingerprint density at radius 2 is 1.96 bits per heavy atom. The summed E-state index contributed by atoms with van der Waals surface area (Å²) in [6.07, 6.45) is -6.80. The van der Waals surface area contributed by atoms with E-state index in [2.05, 4.69) is 5.32 Å². The van der Waals surface area contributed by atoms with Gasteiger partial charge in [0.25, 0.3) is 5.91 Å². The number of nitrogens with one attached hydrogen (secondary N) is 1. The van der Waals surface area contributed by atoms with Crippen LogP contribution in [0, 0.1) is 5.92 Å². The van der Waals surface area contributed by atoms with E-state index in [0.29, 0.717) is 5.75 Å². The molecule has 1 aromatic rings. The summed E-state index contributed by atoms with van der Waals surface area (Å²) in [5.41, 5.74) is 0.217. The standard InChI is InChI=1S/C18H25F2NO6/c1-9-13(21-17(25)10-4-6-11(26-3)7-5-10)16(19)18(2,20)27-15(9)14(24)12(23)8-22/h4-7,9,12-16,22-24H,8H2,1-3H3,(H,21,25)/t9-,12-,13-,14-,15-,16?,18?/m1/s1. The van der Waals surface area contributed by atoms with Crippen LogP contribution in [-0.2, 0) is 4.74 Å². The van der Waals surface area contributed by atoms with Gasteiger partial charge in [-0.1, -0.05) is 6.92 Å². The van der Waals surface area contributed by atoms with E-state index in [1.165, 1.54) is 26.2 Å². The van der Waals surface area contributed by atoms with Gasteiger partial charge in [-0.25, -0.2) is 8.78 Å². The van der Waals surface area contributed by atoms with E-state index in [9.17, 15) is 23.8 Å². The number of hydrogen-bond donors (Lipinski definition) is 4. The molecule has 7 nitrogen and oxygen atoms in total. The molecule has 1 saturated heterocycles. The van der Waals surface area contributed by atoms with Crippen LogP contribution in [0.1, 0.15) is 24.2 Å². The SMILES string of the molecule is COc1ccc(C(=O)N[C@H]2C(F)C(C)(F)O[C@@H]([C@H](O)[C@H](O)CO)[C@@H]2C)cc1. The Morgan fingerprint density at radius 1 is 1.37 bits per heavy atom. The molecular formula is C18H25F2NO6. The Bertz CT molecular complexity index is 641. The van der Waals surface area contributed by atoms with Gasteiger partial charge in [-0.2, -0.15) is 0 Å². The lowest BCUT2D eigenvalue weighted by atomic mass is 9.82. The highest BCUT2D eigenvalue weighted by Gasteiger charge is 2.54. The molecule has 0 saturated carbocycles. The van der Waals surface area contributed by atoms with Crippen molar-refractivity contribution in [2.45, 2.75) is 50.2 Å². The van der Waals surface area contributed by atoms with Gasteiger partial charge < -0.3 is 30.1 Å². The number of aliphatic hydroxyl groups is 3. The fourth-order valence-corrected chi connectivity index (χ4v) is 3.12. The fourth-order valence-electron chi connectivity index (χ4n) is 3.12. The first-order valence-corrected chi connectivity index (χ1v) is 8.55. The number of benzene rings is 1. The van der Waals surface area contributed by atoms with Gasteiger partial charge in [0.1, 0.15) is 18.0 Å². The molecule has 0 aromatic heterocycles. The van der Waals surface area contributed by atoms with Crippen molar-refractivity contribution in [3.05, 3.63) is 29.8 Å². The Kier molecular flexibility index (Phi) is 6.74. The summed E-state index contributed by atoms with van der Waals surface area (Å²) in [6.45, 7) is 1.53. The minimum atomic E-state index is -2.80. The second kappa shape index (κ2) is 8.47. The van der Waals surface area contributed by atoms with Crippen molar-refractivity contribution >= 4 is 5.91 Å². The molecule has 0 aliphatic carbocycles. The highest BCUT2D eigenvalue weighted by molar-refractivity contribution is 5.94. The van der Waals surface area contributed by atoms with Crippen molar-refractivity contribution in [2.75, 3.05) is 13.7 Å². The first kappa shape index (κ1) is 21.5. The van der Waals surface area contributed by atoms with Crippen LogP contribution in [0.25, 0.3) is 0 Å². The molecule has 27 heavy (non-hydrogen) atoms. The van der Waals surface area contributed by atoms with Crippen LogP contribution >= 0.6 is 0 Å². The third-order valence-corrected chi connectivity index (χ3v) is 4.83. The summed E-state index contributed by atoms with van der Waals surface area (Å²) >= 11 is 0. The largest absolute Gasteiger partial charge is 0.497 e. The van der Waals surface area contributed by atoms with Crippen molar-refractivity contribution in [3.8, 4) is 5.75 Å². The first-order valence-electron chi connectivity index (χ1n) is 8.55. The molecule has 1 aliphatic heterocycles. The maximum atomic E-state index is 14.7. The predicted molar refractivity (Wildman–Crippen MR) is 91.8 cm³/mol. The maximum absolute atomic E-state index is 14.7. The van der Waals surface area contributed by atoms with Gasteiger partial charge in [0.15, 0.2) is 6.17 Å². The molecule has 7 atom stereocenters. The van der Waals surface area contributed by atoms with Crippen LogP contribution in [0.4, 0.5) is 8.78 Å². The van der Waals surface area contributed by atoms with Gasteiger partial charge in [-0.15, -0.1) is 0 Å². The molecule has 2 rings (SSSR count). The number of ether oxygens (including phenoxy) is 2. The highest BCUT2D eigenvalue weighted by atomic mass is 19.2. The van der Waals surface area contributed by atoms with Crippen LogP contribution in [-0.4, -0.2) is 71.3 Å². The van der Waals surface area contributed by atoms with Crippen LogP contribution < -0.4 is 10.1 Å². The summed E-state index contributed by atoms with van der Waals surface area (Å²) in [4.78, 5) is 12.4. The second-order valence-corrected chi connectivity index (χ2v) is 6.80. The van der Waals surface area contributed by atoms with E-state index in [4.69, 9.17) is 14.6 Å². The van der Waals surface area contributed by atoms with Gasteiger partial charge in [0, 0.05) is 11.5 Å². The molecular weight excluding hydrogens is 364 g/mol. The van der Waals surface area contributed by atoms with E-state index in [1.54, 1.807) is 12.1 Å². The zero-order valence-electron chi connectivity index (χ0n) is 15.3. The van der Waals surface area contributed by atoms with Crippen LogP contribution in [0.15, 0.2) is 24.3 Å². The van der Waals surface area contributed by atoms with Crippen molar-refractivity contribution < 1.29 is 38.4 Å². The lowest BCUT2D eigenvalue weighted by molar-refractivity contribution is -0.280. The predicted octanol–water partition coefficient (Wildman–Crippen LogP) is 0.566. The number of rotatable bonds is 6. The molecule has 1 aliphatic rings. The van der Waals surface area contributed by atoms with E-state index < -0.39 is 54.8 Å². The second-order valence-electron chi connectivity index (χ2n) is 6.80. The molecule has 1 heterocycles. The van der Waals surface area contributed by atoms with E-state index in [-0.39, 0.29) is 5.56 Å². The van der Waals surface area contributed by atoms with E-state index in [1.807, 2.05) is 0 Å². The number of aliphatic hydroxyl groups excluding tert-OH is 3. The number of amides is 1. The normalized spacial score (nSPS) is 33.2. The molecule has 0 radical (unpaired) electrons. The summed E-state index contributed by atoms with van der Waals surface area (Å²) < 4.78 is 39.3. The summed E-state index contributed by atoms with van der Waals surface area (Å²) in [7, 11) is 1.47. The quantitative estimate of drug-likeness (QED) is 0.567. The number of alkyl halides is 2. The lowest BCUT2D eigenvalue weighted by Crippen LogP contribution is -2.65. The zero-order valence-corrected chi connectivity index (χ0v) is 15.3. The smallest absolute Gasteiger partial charge is 0.251 e. The van der Waals surface area contributed by atoms with Gasteiger partial charge in [-0.3, -0.25) is 4.79 Å². The summed E-state index contributed by atoms with van der Waals surface area (Å²) in [6, 6.07) is 4.73. The molecule has 0 bridgehead atoms. The number of methoxy groups -OCH3 is 1. The number of carbonyl (C=O) groups is 1.